The molecule has 1 saturated carbocycles. The van der Waals surface area contributed by atoms with E-state index in [2.05, 4.69) is 17.1 Å². The number of nitrogens with zero attached hydrogens (tertiary/aromatic N) is 1. The highest BCUT2D eigenvalue weighted by atomic mass is 16.5. The van der Waals surface area contributed by atoms with Gasteiger partial charge in [-0.3, -0.25) is 4.79 Å². The lowest BCUT2D eigenvalue weighted by atomic mass is 9.72. The summed E-state index contributed by atoms with van der Waals surface area (Å²) in [6, 6.07) is 10.9. The quantitative estimate of drug-likeness (QED) is 0.932. The second kappa shape index (κ2) is 5.82. The molecule has 4 rings (SSSR count). The molecule has 2 heterocycles. The number of hydrogen-bond donors (Lipinski definition) is 1. The van der Waals surface area contributed by atoms with Crippen LogP contribution in [0.3, 0.4) is 0 Å². The average molecular weight is 314 g/mol. The Hall–Kier alpha value is -1.55. The van der Waals surface area contributed by atoms with Crippen molar-refractivity contribution in [3.8, 4) is 5.75 Å². The zero-order valence-electron chi connectivity index (χ0n) is 13.8. The number of rotatable bonds is 3. The van der Waals surface area contributed by atoms with Crippen LogP contribution in [-0.4, -0.2) is 42.1 Å². The van der Waals surface area contributed by atoms with E-state index in [4.69, 9.17) is 4.74 Å². The number of likely N-dealkylation sites (tertiary alicyclic amines) is 1. The first kappa shape index (κ1) is 15.0. The molecule has 1 aromatic carbocycles. The molecule has 0 radical (unpaired) electrons. The smallest absolute Gasteiger partial charge is 0.261 e. The molecule has 4 atom stereocenters. The normalized spacial score (nSPS) is 35.7. The van der Waals surface area contributed by atoms with E-state index in [1.165, 1.54) is 19.3 Å². The molecule has 0 spiro atoms. The molecule has 2 saturated heterocycles. The standard InChI is InChI=1S/C19H26N2O2/c1-19-11-14-12-20-16(19)9-5-6-10-17(19)21(14)18(22)13-23-15-7-3-2-4-8-15/h2-4,7-8,14,16-17,20H,5-6,9-13H2,1H3/t14-,16+,17-,19+/m0/s1. The van der Waals surface area contributed by atoms with Crippen molar-refractivity contribution >= 4 is 5.91 Å². The van der Waals surface area contributed by atoms with Gasteiger partial charge in [0, 0.05) is 30.1 Å². The van der Waals surface area contributed by atoms with Gasteiger partial charge in [0.05, 0.1) is 0 Å². The molecule has 1 N–H and O–H groups in total. The summed E-state index contributed by atoms with van der Waals surface area (Å²) in [4.78, 5) is 15.1. The van der Waals surface area contributed by atoms with Crippen LogP contribution in [0.15, 0.2) is 30.3 Å². The molecule has 1 aliphatic carbocycles. The summed E-state index contributed by atoms with van der Waals surface area (Å²) >= 11 is 0. The maximum absolute atomic E-state index is 12.9. The fourth-order valence-corrected chi connectivity index (χ4v) is 5.07. The van der Waals surface area contributed by atoms with Gasteiger partial charge in [-0.05, 0) is 31.4 Å². The lowest BCUT2D eigenvalue weighted by molar-refractivity contribution is -0.136. The van der Waals surface area contributed by atoms with Crippen LogP contribution in [0.4, 0.5) is 0 Å². The van der Waals surface area contributed by atoms with Gasteiger partial charge < -0.3 is 15.0 Å². The van der Waals surface area contributed by atoms with Crippen LogP contribution in [0.2, 0.25) is 0 Å². The molecule has 1 aromatic rings. The molecular weight excluding hydrogens is 288 g/mol. The minimum Gasteiger partial charge on any atom is -0.484 e. The minimum atomic E-state index is 0.150. The topological polar surface area (TPSA) is 41.6 Å². The van der Waals surface area contributed by atoms with E-state index in [-0.39, 0.29) is 17.9 Å². The van der Waals surface area contributed by atoms with E-state index in [1.807, 2.05) is 30.3 Å². The largest absolute Gasteiger partial charge is 0.484 e. The number of piperidine rings is 1. The number of para-hydroxylation sites is 1. The zero-order chi connectivity index (χ0) is 15.9. The van der Waals surface area contributed by atoms with Crippen LogP contribution in [0.25, 0.3) is 0 Å². The molecule has 1 amide bonds. The first-order valence-electron chi connectivity index (χ1n) is 8.91. The summed E-state index contributed by atoms with van der Waals surface area (Å²) in [5, 5.41) is 3.72. The maximum atomic E-state index is 12.9. The average Bonchev–Trinajstić information content (AvgIpc) is 2.68. The van der Waals surface area contributed by atoms with Crippen molar-refractivity contribution in [3.05, 3.63) is 30.3 Å². The summed E-state index contributed by atoms with van der Waals surface area (Å²) < 4.78 is 5.72. The van der Waals surface area contributed by atoms with Gasteiger partial charge in [-0.2, -0.15) is 0 Å². The van der Waals surface area contributed by atoms with Gasteiger partial charge in [0.25, 0.3) is 5.91 Å². The van der Waals surface area contributed by atoms with Crippen LogP contribution in [0, 0.1) is 5.41 Å². The lowest BCUT2D eigenvalue weighted by Crippen LogP contribution is -2.51. The molecule has 23 heavy (non-hydrogen) atoms. The monoisotopic (exact) mass is 314 g/mol. The summed E-state index contributed by atoms with van der Waals surface area (Å²) in [5.74, 6) is 0.919. The first-order chi connectivity index (χ1) is 11.2. The van der Waals surface area contributed by atoms with Crippen molar-refractivity contribution in [3.63, 3.8) is 0 Å². The molecule has 4 heteroatoms. The summed E-state index contributed by atoms with van der Waals surface area (Å²) in [5.41, 5.74) is 0.238. The van der Waals surface area contributed by atoms with Crippen molar-refractivity contribution in [2.45, 2.75) is 57.2 Å². The van der Waals surface area contributed by atoms with E-state index in [0.29, 0.717) is 18.1 Å². The number of nitrogens with one attached hydrogen (secondary N) is 1. The van der Waals surface area contributed by atoms with Crippen LogP contribution >= 0.6 is 0 Å². The van der Waals surface area contributed by atoms with Gasteiger partial charge in [-0.25, -0.2) is 0 Å². The SMILES string of the molecule is C[C@@]12C[C@H]3CN[C@@H]1CCCC[C@@H]2N3C(=O)COc1ccccc1. The van der Waals surface area contributed by atoms with Crippen LogP contribution in [-0.2, 0) is 4.79 Å². The van der Waals surface area contributed by atoms with Gasteiger partial charge >= 0.3 is 0 Å². The number of ether oxygens (including phenoxy) is 1. The molecule has 3 fully saturated rings. The highest BCUT2D eigenvalue weighted by Gasteiger charge is 2.57. The number of amides is 1. The predicted octanol–water partition coefficient (Wildman–Crippen LogP) is 2.59. The van der Waals surface area contributed by atoms with E-state index >= 15 is 0 Å². The highest BCUT2D eigenvalue weighted by molar-refractivity contribution is 5.79. The van der Waals surface area contributed by atoms with Crippen molar-refractivity contribution < 1.29 is 9.53 Å². The number of hydrogen-bond acceptors (Lipinski definition) is 3. The Morgan fingerprint density at radius 2 is 2.09 bits per heavy atom. The number of carbonyl (C=O) groups is 1. The molecule has 2 aliphatic heterocycles. The maximum Gasteiger partial charge on any atom is 0.261 e. The van der Waals surface area contributed by atoms with E-state index < -0.39 is 0 Å². The van der Waals surface area contributed by atoms with Gasteiger partial charge in [0.2, 0.25) is 0 Å². The van der Waals surface area contributed by atoms with Crippen LogP contribution < -0.4 is 10.1 Å². The Kier molecular flexibility index (Phi) is 3.80. The lowest BCUT2D eigenvalue weighted by Gasteiger charge is -2.39. The minimum absolute atomic E-state index is 0.150. The third-order valence-corrected chi connectivity index (χ3v) is 6.18. The Bertz CT molecular complexity index is 576. The molecule has 2 bridgehead atoms. The third-order valence-electron chi connectivity index (χ3n) is 6.18. The molecule has 0 unspecified atom stereocenters. The van der Waals surface area contributed by atoms with Crippen LogP contribution in [0.1, 0.15) is 39.0 Å². The molecule has 124 valence electrons. The first-order valence-corrected chi connectivity index (χ1v) is 8.91. The molecule has 4 nitrogen and oxygen atoms in total. The number of benzene rings is 1. The van der Waals surface area contributed by atoms with E-state index in [9.17, 15) is 4.79 Å². The van der Waals surface area contributed by atoms with Crippen molar-refractivity contribution in [1.29, 1.82) is 0 Å². The van der Waals surface area contributed by atoms with E-state index in [0.717, 1.165) is 25.1 Å². The summed E-state index contributed by atoms with van der Waals surface area (Å²) in [6.07, 6.45) is 6.04. The second-order valence-corrected chi connectivity index (χ2v) is 7.53. The van der Waals surface area contributed by atoms with Gasteiger partial charge in [0.1, 0.15) is 5.75 Å². The van der Waals surface area contributed by atoms with Gasteiger partial charge in [-0.15, -0.1) is 0 Å². The Morgan fingerprint density at radius 3 is 2.91 bits per heavy atom. The fraction of sp³-hybridized carbons (Fsp3) is 0.632. The Labute approximate surface area is 138 Å². The van der Waals surface area contributed by atoms with Gasteiger partial charge in [0.15, 0.2) is 6.61 Å². The number of carbonyl (C=O) groups excluding carboxylic acids is 1. The zero-order valence-corrected chi connectivity index (χ0v) is 13.8. The van der Waals surface area contributed by atoms with E-state index in [1.54, 1.807) is 0 Å². The molecule has 3 aliphatic rings. The summed E-state index contributed by atoms with van der Waals surface area (Å²) in [7, 11) is 0. The second-order valence-electron chi connectivity index (χ2n) is 7.53. The third kappa shape index (κ3) is 2.53. The Balaban J connectivity index is 1.50. The van der Waals surface area contributed by atoms with Crippen molar-refractivity contribution in [2.24, 2.45) is 5.41 Å². The number of fused-ring (bicyclic) bond motifs is 1. The predicted molar refractivity (Wildman–Crippen MR) is 89.3 cm³/mol. The molecule has 0 aromatic heterocycles. The Morgan fingerprint density at radius 1 is 1.30 bits per heavy atom. The highest BCUT2D eigenvalue weighted by Crippen LogP contribution is 2.50. The van der Waals surface area contributed by atoms with Gasteiger partial charge in [-0.1, -0.05) is 38.0 Å². The fourth-order valence-electron chi connectivity index (χ4n) is 5.07. The van der Waals surface area contributed by atoms with Crippen molar-refractivity contribution in [1.82, 2.24) is 10.2 Å². The summed E-state index contributed by atoms with van der Waals surface area (Å²) in [6.45, 7) is 3.48. The van der Waals surface area contributed by atoms with Crippen molar-refractivity contribution in [2.75, 3.05) is 13.2 Å². The molecular formula is C19H26N2O2. The van der Waals surface area contributed by atoms with Crippen LogP contribution in [0.5, 0.6) is 5.75 Å².